The van der Waals surface area contributed by atoms with Crippen LogP contribution in [0.25, 0.3) is 32.6 Å². The fraction of sp³-hybridized carbons (Fsp3) is 0. The molecule has 0 bridgehead atoms. The van der Waals surface area contributed by atoms with Gasteiger partial charge < -0.3 is 9.40 Å². The maximum absolute atomic E-state index is 12.1. The monoisotopic (exact) mass is 263 g/mol. The van der Waals surface area contributed by atoms with E-state index < -0.39 is 5.63 Å². The summed E-state index contributed by atoms with van der Waals surface area (Å²) in [4.78, 5) is 26.1. The van der Waals surface area contributed by atoms with Gasteiger partial charge in [0.25, 0.3) is 0 Å². The number of benzene rings is 2. The van der Waals surface area contributed by atoms with E-state index >= 15 is 0 Å². The molecule has 2 aromatic heterocycles. The third-order valence-electron chi connectivity index (χ3n) is 3.46. The maximum Gasteiger partial charge on any atom is 0.344 e. The Balaban J connectivity index is 2.32. The minimum Gasteiger partial charge on any atom is -0.422 e. The summed E-state index contributed by atoms with van der Waals surface area (Å²) in [5, 5.41) is 3.07. The Hall–Kier alpha value is -2.88. The van der Waals surface area contributed by atoms with E-state index in [1.165, 1.54) is 6.07 Å². The Labute approximate surface area is 112 Å². The van der Waals surface area contributed by atoms with Crippen molar-refractivity contribution in [2.24, 2.45) is 0 Å². The lowest BCUT2D eigenvalue weighted by Gasteiger charge is -2.04. The van der Waals surface area contributed by atoms with Crippen molar-refractivity contribution < 1.29 is 4.42 Å². The summed E-state index contributed by atoms with van der Waals surface area (Å²) in [7, 11) is 0. The van der Waals surface area contributed by atoms with Crippen LogP contribution in [0.4, 0.5) is 0 Å². The highest BCUT2D eigenvalue weighted by atomic mass is 16.4. The van der Waals surface area contributed by atoms with Gasteiger partial charge in [0.05, 0.1) is 5.39 Å². The molecule has 0 aliphatic rings. The van der Waals surface area contributed by atoms with E-state index in [4.69, 9.17) is 4.42 Å². The molecule has 2 heterocycles. The Morgan fingerprint density at radius 3 is 2.60 bits per heavy atom. The molecule has 4 rings (SSSR count). The second-order valence-corrected chi connectivity index (χ2v) is 4.69. The number of hydrogen-bond acceptors (Lipinski definition) is 3. The van der Waals surface area contributed by atoms with Crippen LogP contribution in [0.15, 0.2) is 62.5 Å². The Morgan fingerprint density at radius 2 is 1.70 bits per heavy atom. The predicted molar refractivity (Wildman–Crippen MR) is 78.1 cm³/mol. The zero-order chi connectivity index (χ0) is 13.7. The number of H-pyrrole nitrogens is 1. The molecule has 20 heavy (non-hydrogen) atoms. The number of pyridine rings is 1. The molecule has 4 heteroatoms. The van der Waals surface area contributed by atoms with E-state index in [1.807, 2.05) is 24.3 Å². The minimum absolute atomic E-state index is 0.193. The van der Waals surface area contributed by atoms with Crippen LogP contribution in [0.5, 0.6) is 0 Å². The molecule has 0 atom stereocenters. The van der Waals surface area contributed by atoms with Gasteiger partial charge in [-0.2, -0.15) is 0 Å². The SMILES string of the molecule is O=c1ccc2cc3c(cc2[nH]1)c(=O)oc1ccccc13. The largest absolute Gasteiger partial charge is 0.422 e. The summed E-state index contributed by atoms with van der Waals surface area (Å²) in [5.74, 6) is 0. The van der Waals surface area contributed by atoms with E-state index in [9.17, 15) is 9.59 Å². The van der Waals surface area contributed by atoms with Crippen LogP contribution in [0.1, 0.15) is 0 Å². The molecule has 96 valence electrons. The molecule has 1 N–H and O–H groups in total. The molecule has 2 aromatic carbocycles. The molecule has 0 amide bonds. The van der Waals surface area contributed by atoms with Crippen LogP contribution in [0, 0.1) is 0 Å². The first-order valence-electron chi connectivity index (χ1n) is 6.21. The van der Waals surface area contributed by atoms with Gasteiger partial charge in [-0.05, 0) is 29.7 Å². The fourth-order valence-corrected chi connectivity index (χ4v) is 2.53. The van der Waals surface area contributed by atoms with E-state index in [-0.39, 0.29) is 5.56 Å². The van der Waals surface area contributed by atoms with Crippen molar-refractivity contribution in [3.63, 3.8) is 0 Å². The van der Waals surface area contributed by atoms with Crippen molar-refractivity contribution in [2.75, 3.05) is 0 Å². The quantitative estimate of drug-likeness (QED) is 0.301. The second kappa shape index (κ2) is 3.81. The number of rotatable bonds is 0. The Bertz CT molecular complexity index is 1090. The fourth-order valence-electron chi connectivity index (χ4n) is 2.53. The van der Waals surface area contributed by atoms with Crippen LogP contribution < -0.4 is 11.2 Å². The minimum atomic E-state index is -0.398. The standard InChI is InChI=1S/C16H9NO3/c18-15-6-5-9-7-11-10-3-1-2-4-14(10)20-16(19)12(11)8-13(9)17-15/h1-8H,(H,17,18). The van der Waals surface area contributed by atoms with Gasteiger partial charge in [0.15, 0.2) is 0 Å². The molecule has 0 saturated carbocycles. The first-order chi connectivity index (χ1) is 9.72. The Morgan fingerprint density at radius 1 is 0.850 bits per heavy atom. The first kappa shape index (κ1) is 11.0. The van der Waals surface area contributed by atoms with Crippen LogP contribution in [0.2, 0.25) is 0 Å². The summed E-state index contributed by atoms with van der Waals surface area (Å²) in [5.41, 5.74) is 0.605. The molecule has 4 aromatic rings. The van der Waals surface area contributed by atoms with E-state index in [1.54, 1.807) is 18.2 Å². The molecule has 0 aliphatic carbocycles. The molecule has 4 nitrogen and oxygen atoms in total. The molecule has 0 saturated heterocycles. The average molecular weight is 263 g/mol. The molecule has 0 fully saturated rings. The number of aromatic amines is 1. The lowest BCUT2D eigenvalue weighted by Crippen LogP contribution is -2.04. The summed E-state index contributed by atoms with van der Waals surface area (Å²) in [6, 6.07) is 14.2. The molecular weight excluding hydrogens is 254 g/mol. The molecule has 0 aliphatic heterocycles. The van der Waals surface area contributed by atoms with Gasteiger partial charge in [0.1, 0.15) is 5.58 Å². The van der Waals surface area contributed by atoms with Gasteiger partial charge in [-0.25, -0.2) is 4.79 Å². The third kappa shape index (κ3) is 1.48. The van der Waals surface area contributed by atoms with Crippen LogP contribution in [-0.4, -0.2) is 4.98 Å². The predicted octanol–water partition coefficient (Wildman–Crippen LogP) is 2.79. The van der Waals surface area contributed by atoms with Crippen molar-refractivity contribution in [3.8, 4) is 0 Å². The van der Waals surface area contributed by atoms with Crippen molar-refractivity contribution in [1.82, 2.24) is 4.98 Å². The van der Waals surface area contributed by atoms with Crippen molar-refractivity contribution in [3.05, 3.63) is 69.3 Å². The normalized spacial score (nSPS) is 11.4. The molecule has 0 unspecified atom stereocenters. The summed E-state index contributed by atoms with van der Waals surface area (Å²) in [6.45, 7) is 0. The number of fused-ring (bicyclic) bond motifs is 4. The highest BCUT2D eigenvalue weighted by Gasteiger charge is 2.08. The lowest BCUT2D eigenvalue weighted by molar-refractivity contribution is 0.570. The average Bonchev–Trinajstić information content (AvgIpc) is 2.46. The van der Waals surface area contributed by atoms with E-state index in [2.05, 4.69) is 4.98 Å². The number of nitrogens with one attached hydrogen (secondary N) is 1. The van der Waals surface area contributed by atoms with Crippen LogP contribution >= 0.6 is 0 Å². The second-order valence-electron chi connectivity index (χ2n) is 4.69. The summed E-state index contributed by atoms with van der Waals surface area (Å²) in [6.07, 6.45) is 0. The third-order valence-corrected chi connectivity index (χ3v) is 3.46. The zero-order valence-corrected chi connectivity index (χ0v) is 10.3. The lowest BCUT2D eigenvalue weighted by atomic mass is 10.0. The van der Waals surface area contributed by atoms with E-state index in [0.29, 0.717) is 16.5 Å². The van der Waals surface area contributed by atoms with E-state index in [0.717, 1.165) is 16.2 Å². The smallest absolute Gasteiger partial charge is 0.344 e. The van der Waals surface area contributed by atoms with Gasteiger partial charge in [-0.3, -0.25) is 4.79 Å². The maximum atomic E-state index is 12.1. The van der Waals surface area contributed by atoms with Crippen molar-refractivity contribution >= 4 is 32.6 Å². The van der Waals surface area contributed by atoms with Gasteiger partial charge >= 0.3 is 5.63 Å². The van der Waals surface area contributed by atoms with Crippen LogP contribution in [-0.2, 0) is 0 Å². The number of aromatic nitrogens is 1. The zero-order valence-electron chi connectivity index (χ0n) is 10.3. The summed E-state index contributed by atoms with van der Waals surface area (Å²) >= 11 is 0. The highest BCUT2D eigenvalue weighted by molar-refractivity contribution is 6.08. The Kier molecular flexibility index (Phi) is 2.09. The molecular formula is C16H9NO3. The number of para-hydroxylation sites is 1. The van der Waals surface area contributed by atoms with Crippen molar-refractivity contribution in [2.45, 2.75) is 0 Å². The van der Waals surface area contributed by atoms with Gasteiger partial charge in [-0.1, -0.05) is 18.2 Å². The highest BCUT2D eigenvalue weighted by Crippen LogP contribution is 2.25. The molecule has 0 spiro atoms. The van der Waals surface area contributed by atoms with Gasteiger partial charge in [0.2, 0.25) is 5.56 Å². The van der Waals surface area contributed by atoms with Crippen molar-refractivity contribution in [1.29, 1.82) is 0 Å². The summed E-state index contributed by atoms with van der Waals surface area (Å²) < 4.78 is 5.31. The molecule has 0 radical (unpaired) electrons. The van der Waals surface area contributed by atoms with Crippen LogP contribution in [0.3, 0.4) is 0 Å². The van der Waals surface area contributed by atoms with Gasteiger partial charge in [0, 0.05) is 22.4 Å². The number of hydrogen-bond donors (Lipinski definition) is 1. The topological polar surface area (TPSA) is 63.1 Å². The first-order valence-corrected chi connectivity index (χ1v) is 6.21. The van der Waals surface area contributed by atoms with Gasteiger partial charge in [-0.15, -0.1) is 0 Å².